The minimum atomic E-state index is 0.141. The molecule has 0 heterocycles. The van der Waals surface area contributed by atoms with Crippen LogP contribution in [-0.4, -0.2) is 14.2 Å². The van der Waals surface area contributed by atoms with Gasteiger partial charge in [-0.15, -0.1) is 0 Å². The second-order valence-corrected chi connectivity index (χ2v) is 5.25. The Morgan fingerprint density at radius 2 is 1.71 bits per heavy atom. The highest BCUT2D eigenvalue weighted by Gasteiger charge is 2.17. The molecule has 0 aliphatic heterocycles. The lowest BCUT2D eigenvalue weighted by molar-refractivity contribution is 0.393. The highest BCUT2D eigenvalue weighted by Crippen LogP contribution is 2.37. The fourth-order valence-corrected chi connectivity index (χ4v) is 2.39. The average Bonchev–Trinajstić information content (AvgIpc) is 2.49. The van der Waals surface area contributed by atoms with Crippen LogP contribution in [0.1, 0.15) is 29.7 Å². The van der Waals surface area contributed by atoms with Crippen LogP contribution in [0.2, 0.25) is 0 Å². The minimum Gasteiger partial charge on any atom is -0.496 e. The van der Waals surface area contributed by atoms with Crippen molar-refractivity contribution >= 4 is 0 Å². The number of hydrogen-bond donors (Lipinski definition) is 1. The maximum absolute atomic E-state index is 6.14. The van der Waals surface area contributed by atoms with Crippen molar-refractivity contribution in [3.05, 3.63) is 53.1 Å². The monoisotopic (exact) mass is 285 g/mol. The highest BCUT2D eigenvalue weighted by molar-refractivity contribution is 5.49. The molecular formula is C18H23NO2. The zero-order chi connectivity index (χ0) is 15.4. The van der Waals surface area contributed by atoms with E-state index in [1.807, 2.05) is 31.3 Å². The first-order chi connectivity index (χ1) is 10.1. The summed E-state index contributed by atoms with van der Waals surface area (Å²) in [5.74, 6) is 2.53. The first-order valence-corrected chi connectivity index (χ1v) is 7.16. The SMILES string of the molecule is CNC(C)c1c(OC)cccc1Oc1ccc(C)cc1C. The predicted molar refractivity (Wildman–Crippen MR) is 86.5 cm³/mol. The topological polar surface area (TPSA) is 30.5 Å². The van der Waals surface area contributed by atoms with E-state index in [2.05, 4.69) is 38.2 Å². The van der Waals surface area contributed by atoms with E-state index in [1.165, 1.54) is 5.56 Å². The summed E-state index contributed by atoms with van der Waals surface area (Å²) in [7, 11) is 3.61. The van der Waals surface area contributed by atoms with Gasteiger partial charge in [0.05, 0.1) is 12.7 Å². The van der Waals surface area contributed by atoms with Crippen molar-refractivity contribution in [1.29, 1.82) is 0 Å². The van der Waals surface area contributed by atoms with Gasteiger partial charge in [-0.1, -0.05) is 23.8 Å². The summed E-state index contributed by atoms with van der Waals surface area (Å²) < 4.78 is 11.6. The van der Waals surface area contributed by atoms with E-state index in [9.17, 15) is 0 Å². The predicted octanol–water partition coefficient (Wildman–Crippen LogP) is 4.38. The smallest absolute Gasteiger partial charge is 0.135 e. The van der Waals surface area contributed by atoms with Crippen molar-refractivity contribution in [3.8, 4) is 17.2 Å². The molecule has 0 aliphatic carbocycles. The lowest BCUT2D eigenvalue weighted by Gasteiger charge is -2.20. The lowest BCUT2D eigenvalue weighted by Crippen LogP contribution is -2.14. The molecule has 2 aromatic rings. The van der Waals surface area contributed by atoms with Crippen LogP contribution in [0.3, 0.4) is 0 Å². The van der Waals surface area contributed by atoms with Crippen LogP contribution in [0.5, 0.6) is 17.2 Å². The van der Waals surface area contributed by atoms with E-state index in [0.29, 0.717) is 0 Å². The molecule has 0 bridgehead atoms. The molecule has 0 saturated heterocycles. The summed E-state index contributed by atoms with van der Waals surface area (Å²) in [6.45, 7) is 6.23. The quantitative estimate of drug-likeness (QED) is 0.884. The fourth-order valence-electron chi connectivity index (χ4n) is 2.39. The summed E-state index contributed by atoms with van der Waals surface area (Å²) in [6, 6.07) is 12.2. The third-order valence-electron chi connectivity index (χ3n) is 3.66. The summed E-state index contributed by atoms with van der Waals surface area (Å²) in [5, 5.41) is 3.25. The first kappa shape index (κ1) is 15.4. The van der Waals surface area contributed by atoms with Crippen LogP contribution in [-0.2, 0) is 0 Å². The molecule has 2 aromatic carbocycles. The van der Waals surface area contributed by atoms with Crippen molar-refractivity contribution < 1.29 is 9.47 Å². The van der Waals surface area contributed by atoms with Crippen LogP contribution in [0.15, 0.2) is 36.4 Å². The van der Waals surface area contributed by atoms with E-state index in [0.717, 1.165) is 28.4 Å². The van der Waals surface area contributed by atoms with E-state index in [1.54, 1.807) is 7.11 Å². The Bertz CT molecular complexity index is 623. The Morgan fingerprint density at radius 1 is 1.00 bits per heavy atom. The van der Waals surface area contributed by atoms with Gasteiger partial charge in [-0.25, -0.2) is 0 Å². The molecule has 1 unspecified atom stereocenters. The molecule has 2 rings (SSSR count). The van der Waals surface area contributed by atoms with Gasteiger partial charge in [-0.3, -0.25) is 0 Å². The average molecular weight is 285 g/mol. The summed E-state index contributed by atoms with van der Waals surface area (Å²) >= 11 is 0. The molecule has 0 fully saturated rings. The normalized spacial score (nSPS) is 12.0. The molecule has 0 spiro atoms. The molecule has 0 aliphatic rings. The first-order valence-electron chi connectivity index (χ1n) is 7.16. The number of hydrogen-bond acceptors (Lipinski definition) is 3. The number of methoxy groups -OCH3 is 1. The van der Waals surface area contributed by atoms with Crippen molar-refractivity contribution in [2.75, 3.05) is 14.2 Å². The molecular weight excluding hydrogens is 262 g/mol. The number of nitrogens with one attached hydrogen (secondary N) is 1. The second kappa shape index (κ2) is 6.64. The molecule has 1 N–H and O–H groups in total. The lowest BCUT2D eigenvalue weighted by atomic mass is 10.1. The van der Waals surface area contributed by atoms with Gasteiger partial charge in [0.1, 0.15) is 17.2 Å². The highest BCUT2D eigenvalue weighted by atomic mass is 16.5. The molecule has 112 valence electrons. The van der Waals surface area contributed by atoms with E-state index in [-0.39, 0.29) is 6.04 Å². The van der Waals surface area contributed by atoms with Gasteiger partial charge in [0.15, 0.2) is 0 Å². The molecule has 0 radical (unpaired) electrons. The van der Waals surface area contributed by atoms with Gasteiger partial charge < -0.3 is 14.8 Å². The van der Waals surface area contributed by atoms with Crippen LogP contribution < -0.4 is 14.8 Å². The van der Waals surface area contributed by atoms with Crippen molar-refractivity contribution in [3.63, 3.8) is 0 Å². The Morgan fingerprint density at radius 3 is 2.33 bits per heavy atom. The minimum absolute atomic E-state index is 0.141. The molecule has 21 heavy (non-hydrogen) atoms. The second-order valence-electron chi connectivity index (χ2n) is 5.25. The maximum Gasteiger partial charge on any atom is 0.135 e. The number of benzene rings is 2. The molecule has 3 nitrogen and oxygen atoms in total. The number of aryl methyl sites for hydroxylation is 2. The van der Waals surface area contributed by atoms with Gasteiger partial charge in [0.25, 0.3) is 0 Å². The van der Waals surface area contributed by atoms with Gasteiger partial charge in [0, 0.05) is 6.04 Å². The van der Waals surface area contributed by atoms with Crippen molar-refractivity contribution in [2.45, 2.75) is 26.8 Å². The van der Waals surface area contributed by atoms with E-state index in [4.69, 9.17) is 9.47 Å². The fraction of sp³-hybridized carbons (Fsp3) is 0.333. The van der Waals surface area contributed by atoms with Gasteiger partial charge in [0.2, 0.25) is 0 Å². The van der Waals surface area contributed by atoms with E-state index < -0.39 is 0 Å². The Balaban J connectivity index is 2.43. The Kier molecular flexibility index (Phi) is 4.86. The van der Waals surface area contributed by atoms with Gasteiger partial charge >= 0.3 is 0 Å². The third kappa shape index (κ3) is 3.37. The molecule has 1 atom stereocenters. The molecule has 0 aromatic heterocycles. The number of rotatable bonds is 5. The van der Waals surface area contributed by atoms with Gasteiger partial charge in [-0.05, 0) is 51.6 Å². The standard InChI is InChI=1S/C18H23NO2/c1-12-9-10-15(13(2)11-12)21-17-8-6-7-16(20-5)18(17)14(3)19-4/h6-11,14,19H,1-5H3. The largest absolute Gasteiger partial charge is 0.496 e. The van der Waals surface area contributed by atoms with Crippen molar-refractivity contribution in [1.82, 2.24) is 5.32 Å². The maximum atomic E-state index is 6.14. The molecule has 3 heteroatoms. The zero-order valence-electron chi connectivity index (χ0n) is 13.4. The molecule has 0 amide bonds. The van der Waals surface area contributed by atoms with Crippen LogP contribution in [0, 0.1) is 13.8 Å². The van der Waals surface area contributed by atoms with Crippen LogP contribution >= 0.6 is 0 Å². The van der Waals surface area contributed by atoms with Crippen LogP contribution in [0.25, 0.3) is 0 Å². The Labute approximate surface area is 126 Å². The number of ether oxygens (including phenoxy) is 2. The Hall–Kier alpha value is -2.00. The van der Waals surface area contributed by atoms with Crippen LogP contribution in [0.4, 0.5) is 0 Å². The van der Waals surface area contributed by atoms with Crippen molar-refractivity contribution in [2.24, 2.45) is 0 Å². The van der Waals surface area contributed by atoms with E-state index >= 15 is 0 Å². The molecule has 0 saturated carbocycles. The summed E-state index contributed by atoms with van der Waals surface area (Å²) in [5.41, 5.74) is 3.39. The zero-order valence-corrected chi connectivity index (χ0v) is 13.4. The van der Waals surface area contributed by atoms with Gasteiger partial charge in [-0.2, -0.15) is 0 Å². The summed E-state index contributed by atoms with van der Waals surface area (Å²) in [4.78, 5) is 0. The third-order valence-corrected chi connectivity index (χ3v) is 3.66. The summed E-state index contributed by atoms with van der Waals surface area (Å²) in [6.07, 6.45) is 0.